The zero-order valence-corrected chi connectivity index (χ0v) is 16.2. The van der Waals surface area contributed by atoms with E-state index in [-0.39, 0.29) is 30.1 Å². The number of hydrogen-bond donors (Lipinski definition) is 2. The molecule has 1 fully saturated rings. The Labute approximate surface area is 160 Å². The maximum atomic E-state index is 13.2. The molecule has 1 aliphatic heterocycles. The zero-order valence-electron chi connectivity index (χ0n) is 16.2. The van der Waals surface area contributed by atoms with Gasteiger partial charge in [-0.25, -0.2) is 0 Å². The number of hydrogen-bond acceptors (Lipinski definition) is 3. The monoisotopic (exact) mass is 374 g/mol. The average Bonchev–Trinajstić information content (AvgIpc) is 2.64. The smallest absolute Gasteiger partial charge is 0.303 e. The van der Waals surface area contributed by atoms with Crippen LogP contribution in [0.2, 0.25) is 0 Å². The maximum Gasteiger partial charge on any atom is 0.303 e. The molecule has 1 aromatic carbocycles. The third-order valence-corrected chi connectivity index (χ3v) is 4.88. The summed E-state index contributed by atoms with van der Waals surface area (Å²) < 4.78 is 0. The zero-order chi connectivity index (χ0) is 19.8. The van der Waals surface area contributed by atoms with Crippen molar-refractivity contribution in [3.63, 3.8) is 0 Å². The molecule has 27 heavy (non-hydrogen) atoms. The lowest BCUT2D eigenvalue weighted by atomic mass is 9.92. The number of amides is 2. The van der Waals surface area contributed by atoms with Crippen molar-refractivity contribution in [3.05, 3.63) is 35.9 Å². The number of likely N-dealkylation sites (tertiary alicyclic amines) is 1. The number of aliphatic carboxylic acids is 1. The summed E-state index contributed by atoms with van der Waals surface area (Å²) in [6.07, 6.45) is 2.87. The summed E-state index contributed by atoms with van der Waals surface area (Å²) in [7, 11) is 0. The van der Waals surface area contributed by atoms with Crippen LogP contribution in [0.3, 0.4) is 0 Å². The Morgan fingerprint density at radius 2 is 1.93 bits per heavy atom. The molecule has 0 spiro atoms. The Bertz CT molecular complexity index is 645. The van der Waals surface area contributed by atoms with Crippen LogP contribution < -0.4 is 5.32 Å². The van der Waals surface area contributed by atoms with Crippen LogP contribution >= 0.6 is 0 Å². The van der Waals surface area contributed by atoms with E-state index in [9.17, 15) is 14.4 Å². The van der Waals surface area contributed by atoms with E-state index in [0.29, 0.717) is 25.9 Å². The van der Waals surface area contributed by atoms with Gasteiger partial charge in [0.2, 0.25) is 11.8 Å². The highest BCUT2D eigenvalue weighted by Gasteiger charge is 2.31. The molecule has 1 aromatic rings. The second kappa shape index (κ2) is 10.1. The van der Waals surface area contributed by atoms with Gasteiger partial charge in [0, 0.05) is 25.9 Å². The fourth-order valence-corrected chi connectivity index (χ4v) is 3.53. The quantitative estimate of drug-likeness (QED) is 0.732. The molecule has 2 unspecified atom stereocenters. The first-order chi connectivity index (χ1) is 12.9. The number of nitrogens with one attached hydrogen (secondary N) is 1. The molecule has 1 heterocycles. The van der Waals surface area contributed by atoms with Gasteiger partial charge in [0.25, 0.3) is 0 Å². The molecule has 1 aliphatic rings. The van der Waals surface area contributed by atoms with Gasteiger partial charge in [0.05, 0.1) is 0 Å². The van der Waals surface area contributed by atoms with Gasteiger partial charge in [-0.1, -0.05) is 44.2 Å². The molecule has 0 aliphatic carbocycles. The summed E-state index contributed by atoms with van der Waals surface area (Å²) in [4.78, 5) is 38.1. The lowest BCUT2D eigenvalue weighted by Crippen LogP contribution is -2.47. The van der Waals surface area contributed by atoms with Crippen molar-refractivity contribution in [2.45, 2.75) is 52.0 Å². The van der Waals surface area contributed by atoms with Gasteiger partial charge in [-0.15, -0.1) is 0 Å². The van der Waals surface area contributed by atoms with Gasteiger partial charge >= 0.3 is 5.97 Å². The SMILES string of the molecule is CC(C)CC(=O)NC(C(=O)N1CCCC(CCC(=O)O)C1)c1ccccc1. The van der Waals surface area contributed by atoms with Crippen molar-refractivity contribution in [1.82, 2.24) is 10.2 Å². The van der Waals surface area contributed by atoms with Gasteiger partial charge < -0.3 is 15.3 Å². The van der Waals surface area contributed by atoms with Crippen LogP contribution in [-0.2, 0) is 14.4 Å². The summed E-state index contributed by atoms with van der Waals surface area (Å²) in [6, 6.07) is 8.60. The fourth-order valence-electron chi connectivity index (χ4n) is 3.53. The van der Waals surface area contributed by atoms with Crippen LogP contribution in [-0.4, -0.2) is 40.9 Å². The molecular weight excluding hydrogens is 344 g/mol. The summed E-state index contributed by atoms with van der Waals surface area (Å²) in [5.74, 6) is -0.639. The van der Waals surface area contributed by atoms with Crippen LogP contribution in [0.15, 0.2) is 30.3 Å². The van der Waals surface area contributed by atoms with Crippen molar-refractivity contribution >= 4 is 17.8 Å². The van der Waals surface area contributed by atoms with E-state index >= 15 is 0 Å². The normalized spacial score (nSPS) is 18.2. The highest BCUT2D eigenvalue weighted by molar-refractivity contribution is 5.88. The van der Waals surface area contributed by atoms with Crippen LogP contribution in [0.25, 0.3) is 0 Å². The van der Waals surface area contributed by atoms with Gasteiger partial charge in [0.15, 0.2) is 0 Å². The molecule has 148 valence electrons. The summed E-state index contributed by atoms with van der Waals surface area (Å²) in [5.41, 5.74) is 0.771. The fraction of sp³-hybridized carbons (Fsp3) is 0.571. The molecule has 6 nitrogen and oxygen atoms in total. The molecule has 1 saturated heterocycles. The van der Waals surface area contributed by atoms with Gasteiger partial charge in [0.1, 0.15) is 6.04 Å². The molecule has 2 N–H and O–H groups in total. The number of carboxylic acid groups (broad SMARTS) is 1. The maximum absolute atomic E-state index is 13.2. The van der Waals surface area contributed by atoms with E-state index < -0.39 is 12.0 Å². The van der Waals surface area contributed by atoms with Crippen LogP contribution in [0.1, 0.15) is 57.6 Å². The summed E-state index contributed by atoms with van der Waals surface area (Å²) in [6.45, 7) is 5.13. The minimum Gasteiger partial charge on any atom is -0.481 e. The van der Waals surface area contributed by atoms with E-state index in [1.165, 1.54) is 0 Å². The van der Waals surface area contributed by atoms with Crippen LogP contribution in [0, 0.1) is 11.8 Å². The number of rotatable bonds is 8. The number of nitrogens with zero attached hydrogens (tertiary/aromatic N) is 1. The standard InChI is InChI=1S/C21H30N2O4/c1-15(2)13-18(24)22-20(17-8-4-3-5-9-17)21(27)23-12-6-7-16(14-23)10-11-19(25)26/h3-5,8-9,15-16,20H,6-7,10-14H2,1-2H3,(H,22,24)(H,25,26). The lowest BCUT2D eigenvalue weighted by molar-refractivity contribution is -0.139. The van der Waals surface area contributed by atoms with Gasteiger partial charge in [-0.05, 0) is 36.7 Å². The van der Waals surface area contributed by atoms with Crippen molar-refractivity contribution in [2.24, 2.45) is 11.8 Å². The number of benzene rings is 1. The minimum atomic E-state index is -0.804. The van der Waals surface area contributed by atoms with Crippen molar-refractivity contribution < 1.29 is 19.5 Å². The summed E-state index contributed by atoms with van der Waals surface area (Å²) >= 11 is 0. The Morgan fingerprint density at radius 3 is 2.56 bits per heavy atom. The first-order valence-electron chi connectivity index (χ1n) is 9.71. The summed E-state index contributed by atoms with van der Waals surface area (Å²) in [5, 5.41) is 11.8. The van der Waals surface area contributed by atoms with Crippen molar-refractivity contribution in [3.8, 4) is 0 Å². The van der Waals surface area contributed by atoms with Crippen LogP contribution in [0.5, 0.6) is 0 Å². The van der Waals surface area contributed by atoms with E-state index in [1.807, 2.05) is 44.2 Å². The van der Waals surface area contributed by atoms with Crippen LogP contribution in [0.4, 0.5) is 0 Å². The average molecular weight is 374 g/mol. The lowest BCUT2D eigenvalue weighted by Gasteiger charge is -2.35. The highest BCUT2D eigenvalue weighted by Crippen LogP contribution is 2.24. The Balaban J connectivity index is 2.10. The molecule has 0 bridgehead atoms. The Kier molecular flexibility index (Phi) is 7.82. The largest absolute Gasteiger partial charge is 0.481 e. The molecule has 6 heteroatoms. The number of piperidine rings is 1. The predicted molar refractivity (Wildman–Crippen MR) is 103 cm³/mol. The first kappa shape index (κ1) is 20.9. The molecule has 0 aromatic heterocycles. The van der Waals surface area contributed by atoms with E-state index in [4.69, 9.17) is 5.11 Å². The Hall–Kier alpha value is -2.37. The van der Waals surface area contributed by atoms with Crippen molar-refractivity contribution in [1.29, 1.82) is 0 Å². The van der Waals surface area contributed by atoms with Gasteiger partial charge in [-0.3, -0.25) is 14.4 Å². The molecule has 0 radical (unpaired) electrons. The topological polar surface area (TPSA) is 86.7 Å². The molecule has 2 rings (SSSR count). The second-order valence-corrected chi connectivity index (χ2v) is 7.73. The number of carboxylic acids is 1. The Morgan fingerprint density at radius 1 is 1.22 bits per heavy atom. The van der Waals surface area contributed by atoms with Crippen molar-refractivity contribution in [2.75, 3.05) is 13.1 Å². The molecule has 0 saturated carbocycles. The number of carbonyl (C=O) groups is 3. The number of carbonyl (C=O) groups excluding carboxylic acids is 2. The molecule has 2 amide bonds. The molecule has 2 atom stereocenters. The third kappa shape index (κ3) is 6.70. The molecular formula is C21H30N2O4. The first-order valence-corrected chi connectivity index (χ1v) is 9.71. The predicted octanol–water partition coefficient (Wildman–Crippen LogP) is 2.99. The van der Waals surface area contributed by atoms with Gasteiger partial charge in [-0.2, -0.15) is 0 Å². The van der Waals surface area contributed by atoms with E-state index in [0.717, 1.165) is 18.4 Å². The highest BCUT2D eigenvalue weighted by atomic mass is 16.4. The second-order valence-electron chi connectivity index (χ2n) is 7.73. The third-order valence-electron chi connectivity index (χ3n) is 4.88. The van der Waals surface area contributed by atoms with E-state index in [1.54, 1.807) is 4.90 Å². The van der Waals surface area contributed by atoms with E-state index in [2.05, 4.69) is 5.32 Å². The minimum absolute atomic E-state index is 0.113.